The fraction of sp³-hybridized carbons (Fsp3) is 0.692. The van der Waals surface area contributed by atoms with Gasteiger partial charge in [-0.15, -0.1) is 0 Å². The molecular formula is C13H24N4O. The molecule has 1 rings (SSSR count). The molecule has 0 unspecified atom stereocenters. The maximum atomic E-state index is 11.8. The summed E-state index contributed by atoms with van der Waals surface area (Å²) in [5, 5.41) is 7.54. The van der Waals surface area contributed by atoms with Crippen molar-refractivity contribution in [3.05, 3.63) is 17.0 Å². The van der Waals surface area contributed by atoms with Crippen LogP contribution < -0.4 is 5.32 Å². The Balaban J connectivity index is 2.50. The van der Waals surface area contributed by atoms with Crippen molar-refractivity contribution in [3.63, 3.8) is 0 Å². The number of rotatable bonds is 5. The third kappa shape index (κ3) is 3.32. The predicted octanol–water partition coefficient (Wildman–Crippen LogP) is 0.993. The Labute approximate surface area is 109 Å². The Bertz CT molecular complexity index is 423. The number of aryl methyl sites for hydroxylation is 2. The minimum atomic E-state index is 0.115. The van der Waals surface area contributed by atoms with Crippen molar-refractivity contribution in [2.24, 2.45) is 7.05 Å². The lowest BCUT2D eigenvalue weighted by Crippen LogP contribution is -2.39. The normalized spacial score (nSPS) is 11.1. The zero-order valence-electron chi connectivity index (χ0n) is 12.2. The number of nitrogens with one attached hydrogen (secondary N) is 1. The average Bonchev–Trinajstić information content (AvgIpc) is 2.54. The first kappa shape index (κ1) is 14.7. The summed E-state index contributed by atoms with van der Waals surface area (Å²) in [6, 6.07) is 0.237. The summed E-state index contributed by atoms with van der Waals surface area (Å²) in [5.74, 6) is 0.115. The number of carbonyl (C=O) groups excluding carboxylic acids is 1. The SMILES string of the molecule is Cc1nn(C)c(C)c1CNCC(=O)N(C)C(C)C. The van der Waals surface area contributed by atoms with Crippen LogP contribution in [0.15, 0.2) is 0 Å². The number of aromatic nitrogens is 2. The number of hydrogen-bond donors (Lipinski definition) is 1. The van der Waals surface area contributed by atoms with Gasteiger partial charge in [0.05, 0.1) is 12.2 Å². The standard InChI is InChI=1S/C13H24N4O/c1-9(2)16(5)13(18)8-14-7-12-10(3)15-17(6)11(12)4/h9,14H,7-8H2,1-6H3. The largest absolute Gasteiger partial charge is 0.342 e. The molecular weight excluding hydrogens is 228 g/mol. The van der Waals surface area contributed by atoms with Crippen LogP contribution in [0.25, 0.3) is 0 Å². The third-order valence-corrected chi connectivity index (χ3v) is 3.40. The second-order valence-electron chi connectivity index (χ2n) is 4.97. The summed E-state index contributed by atoms with van der Waals surface area (Å²) in [5.41, 5.74) is 3.34. The summed E-state index contributed by atoms with van der Waals surface area (Å²) in [6.45, 7) is 9.09. The molecule has 1 amide bonds. The summed E-state index contributed by atoms with van der Waals surface area (Å²) in [4.78, 5) is 13.5. The van der Waals surface area contributed by atoms with E-state index in [0.717, 1.165) is 11.4 Å². The van der Waals surface area contributed by atoms with Crippen molar-refractivity contribution in [3.8, 4) is 0 Å². The van der Waals surface area contributed by atoms with Crippen LogP contribution in [0.5, 0.6) is 0 Å². The fourth-order valence-electron chi connectivity index (χ4n) is 1.78. The monoisotopic (exact) mass is 252 g/mol. The molecule has 102 valence electrons. The number of carbonyl (C=O) groups is 1. The Kier molecular flexibility index (Phi) is 4.90. The Hall–Kier alpha value is -1.36. The van der Waals surface area contributed by atoms with E-state index in [1.165, 1.54) is 5.56 Å². The zero-order valence-corrected chi connectivity index (χ0v) is 12.2. The van der Waals surface area contributed by atoms with Gasteiger partial charge in [-0.05, 0) is 27.7 Å². The van der Waals surface area contributed by atoms with Crippen molar-refractivity contribution in [2.75, 3.05) is 13.6 Å². The second kappa shape index (κ2) is 6.00. The second-order valence-corrected chi connectivity index (χ2v) is 4.97. The highest BCUT2D eigenvalue weighted by molar-refractivity contribution is 5.78. The van der Waals surface area contributed by atoms with Crippen LogP contribution in [0.2, 0.25) is 0 Å². The minimum Gasteiger partial charge on any atom is -0.342 e. The smallest absolute Gasteiger partial charge is 0.236 e. The van der Waals surface area contributed by atoms with Gasteiger partial charge in [-0.2, -0.15) is 5.10 Å². The van der Waals surface area contributed by atoms with Gasteiger partial charge in [0.25, 0.3) is 0 Å². The van der Waals surface area contributed by atoms with Gasteiger partial charge in [-0.25, -0.2) is 0 Å². The van der Waals surface area contributed by atoms with Crippen LogP contribution in [-0.2, 0) is 18.4 Å². The van der Waals surface area contributed by atoms with E-state index in [9.17, 15) is 4.79 Å². The first-order valence-electron chi connectivity index (χ1n) is 6.30. The highest BCUT2D eigenvalue weighted by atomic mass is 16.2. The summed E-state index contributed by atoms with van der Waals surface area (Å²) < 4.78 is 1.87. The van der Waals surface area contributed by atoms with Crippen LogP contribution in [0, 0.1) is 13.8 Å². The quantitative estimate of drug-likeness (QED) is 0.850. The van der Waals surface area contributed by atoms with E-state index in [4.69, 9.17) is 0 Å². The van der Waals surface area contributed by atoms with Crippen LogP contribution in [0.1, 0.15) is 30.8 Å². The molecule has 0 radical (unpaired) electrons. The molecule has 1 N–H and O–H groups in total. The topological polar surface area (TPSA) is 50.2 Å². The van der Waals surface area contributed by atoms with E-state index in [1.807, 2.05) is 46.5 Å². The number of amides is 1. The van der Waals surface area contributed by atoms with Gasteiger partial charge in [0, 0.05) is 37.9 Å². The number of likely N-dealkylation sites (N-methyl/N-ethyl adjacent to an activating group) is 1. The van der Waals surface area contributed by atoms with E-state index in [-0.39, 0.29) is 11.9 Å². The molecule has 0 saturated heterocycles. The molecule has 1 aromatic rings. The van der Waals surface area contributed by atoms with Crippen molar-refractivity contribution < 1.29 is 4.79 Å². The van der Waals surface area contributed by atoms with Crippen LogP contribution in [0.4, 0.5) is 0 Å². The number of nitrogens with zero attached hydrogens (tertiary/aromatic N) is 3. The van der Waals surface area contributed by atoms with Gasteiger partial charge in [-0.3, -0.25) is 9.48 Å². The molecule has 18 heavy (non-hydrogen) atoms. The summed E-state index contributed by atoms with van der Waals surface area (Å²) in [6.07, 6.45) is 0. The molecule has 0 atom stereocenters. The van der Waals surface area contributed by atoms with Gasteiger partial charge in [-0.1, -0.05) is 0 Å². The first-order chi connectivity index (χ1) is 8.34. The summed E-state index contributed by atoms with van der Waals surface area (Å²) >= 11 is 0. The zero-order chi connectivity index (χ0) is 13.9. The molecule has 5 nitrogen and oxygen atoms in total. The van der Waals surface area contributed by atoms with Gasteiger partial charge in [0.1, 0.15) is 0 Å². The minimum absolute atomic E-state index is 0.115. The van der Waals surface area contributed by atoms with Crippen molar-refractivity contribution >= 4 is 5.91 Å². The fourth-order valence-corrected chi connectivity index (χ4v) is 1.78. The Morgan fingerprint density at radius 1 is 1.44 bits per heavy atom. The molecule has 0 aliphatic carbocycles. The molecule has 0 aromatic carbocycles. The van der Waals surface area contributed by atoms with Gasteiger partial charge in [0.15, 0.2) is 0 Å². The van der Waals surface area contributed by atoms with Crippen molar-refractivity contribution in [1.82, 2.24) is 20.0 Å². The molecule has 5 heteroatoms. The lowest BCUT2D eigenvalue weighted by atomic mass is 10.2. The highest BCUT2D eigenvalue weighted by Crippen LogP contribution is 2.10. The molecule has 0 fully saturated rings. The summed E-state index contributed by atoms with van der Waals surface area (Å²) in [7, 11) is 3.76. The van der Waals surface area contributed by atoms with E-state index in [2.05, 4.69) is 10.4 Å². The van der Waals surface area contributed by atoms with E-state index in [1.54, 1.807) is 4.90 Å². The molecule has 0 aliphatic rings. The van der Waals surface area contributed by atoms with Gasteiger partial charge < -0.3 is 10.2 Å². The lowest BCUT2D eigenvalue weighted by molar-refractivity contribution is -0.130. The van der Waals surface area contributed by atoms with Crippen LogP contribution in [-0.4, -0.2) is 40.2 Å². The Morgan fingerprint density at radius 2 is 2.06 bits per heavy atom. The lowest BCUT2D eigenvalue weighted by Gasteiger charge is -2.21. The van der Waals surface area contributed by atoms with E-state index in [0.29, 0.717) is 13.1 Å². The van der Waals surface area contributed by atoms with E-state index < -0.39 is 0 Å². The van der Waals surface area contributed by atoms with Crippen LogP contribution in [0.3, 0.4) is 0 Å². The van der Waals surface area contributed by atoms with Gasteiger partial charge >= 0.3 is 0 Å². The third-order valence-electron chi connectivity index (χ3n) is 3.40. The van der Waals surface area contributed by atoms with Crippen molar-refractivity contribution in [2.45, 2.75) is 40.3 Å². The average molecular weight is 252 g/mol. The maximum Gasteiger partial charge on any atom is 0.236 e. The first-order valence-corrected chi connectivity index (χ1v) is 6.30. The molecule has 1 aromatic heterocycles. The predicted molar refractivity (Wildman–Crippen MR) is 72.3 cm³/mol. The molecule has 0 aliphatic heterocycles. The molecule has 1 heterocycles. The highest BCUT2D eigenvalue weighted by Gasteiger charge is 2.13. The van der Waals surface area contributed by atoms with Crippen LogP contribution >= 0.6 is 0 Å². The Morgan fingerprint density at radius 3 is 2.50 bits per heavy atom. The maximum absolute atomic E-state index is 11.8. The number of hydrogen-bond acceptors (Lipinski definition) is 3. The van der Waals surface area contributed by atoms with E-state index >= 15 is 0 Å². The molecule has 0 saturated carbocycles. The molecule has 0 bridgehead atoms. The molecule has 0 spiro atoms. The van der Waals surface area contributed by atoms with Crippen molar-refractivity contribution in [1.29, 1.82) is 0 Å². The van der Waals surface area contributed by atoms with Gasteiger partial charge in [0.2, 0.25) is 5.91 Å².